The molecule has 0 amide bonds. The van der Waals surface area contributed by atoms with Gasteiger partial charge in [-0.15, -0.1) is 0 Å². The van der Waals surface area contributed by atoms with Crippen molar-refractivity contribution in [2.24, 2.45) is 5.41 Å². The van der Waals surface area contributed by atoms with Crippen LogP contribution in [-0.2, 0) is 0 Å². The maximum atomic E-state index is 11.7. The van der Waals surface area contributed by atoms with Crippen LogP contribution in [0.2, 0.25) is 0 Å². The maximum Gasteiger partial charge on any atom is 0.192 e. The van der Waals surface area contributed by atoms with Crippen LogP contribution in [0.1, 0.15) is 31.3 Å². The summed E-state index contributed by atoms with van der Waals surface area (Å²) >= 11 is 0. The van der Waals surface area contributed by atoms with Gasteiger partial charge in [0.05, 0.1) is 12.2 Å². The van der Waals surface area contributed by atoms with E-state index in [0.29, 0.717) is 12.2 Å². The first-order valence-electron chi connectivity index (χ1n) is 5.23. The van der Waals surface area contributed by atoms with Gasteiger partial charge in [-0.25, -0.2) is 0 Å². The molecule has 0 fully saturated rings. The Kier molecular flexibility index (Phi) is 3.69. The van der Waals surface area contributed by atoms with Crippen molar-refractivity contribution in [2.75, 3.05) is 20.1 Å². The lowest BCUT2D eigenvalue weighted by atomic mass is 9.96. The van der Waals surface area contributed by atoms with Crippen LogP contribution in [0.5, 0.6) is 0 Å². The highest BCUT2D eigenvalue weighted by Crippen LogP contribution is 2.14. The van der Waals surface area contributed by atoms with Gasteiger partial charge in [-0.1, -0.05) is 20.8 Å². The summed E-state index contributed by atoms with van der Waals surface area (Å²) in [4.78, 5) is 16.7. The third-order valence-corrected chi connectivity index (χ3v) is 2.06. The van der Waals surface area contributed by atoms with Gasteiger partial charge in [0.25, 0.3) is 0 Å². The average Bonchev–Trinajstić information content (AvgIpc) is 2.50. The van der Waals surface area contributed by atoms with E-state index < -0.39 is 0 Å². The van der Waals surface area contributed by atoms with Gasteiger partial charge in [-0.3, -0.25) is 9.69 Å². The second-order valence-electron chi connectivity index (χ2n) is 5.24. The number of aromatic amines is 1. The van der Waals surface area contributed by atoms with E-state index in [9.17, 15) is 4.79 Å². The fraction of sp³-hybridized carbons (Fsp3) is 0.583. The van der Waals surface area contributed by atoms with Gasteiger partial charge >= 0.3 is 0 Å². The third kappa shape index (κ3) is 4.30. The highest BCUT2D eigenvalue weighted by atomic mass is 16.1. The Bertz CT molecular complexity index is 309. The zero-order chi connectivity index (χ0) is 11.5. The number of nitrogens with one attached hydrogen (secondary N) is 1. The first-order chi connectivity index (χ1) is 6.88. The van der Waals surface area contributed by atoms with Gasteiger partial charge < -0.3 is 4.98 Å². The molecular weight excluding hydrogens is 188 g/mol. The number of carbonyl (C=O) groups is 1. The molecule has 0 unspecified atom stereocenters. The van der Waals surface area contributed by atoms with E-state index in [0.717, 1.165) is 6.54 Å². The molecule has 1 rings (SSSR count). The topological polar surface area (TPSA) is 36.1 Å². The van der Waals surface area contributed by atoms with Crippen molar-refractivity contribution < 1.29 is 4.79 Å². The molecule has 1 aromatic heterocycles. The molecule has 15 heavy (non-hydrogen) atoms. The van der Waals surface area contributed by atoms with Crippen molar-refractivity contribution in [1.82, 2.24) is 9.88 Å². The highest BCUT2D eigenvalue weighted by Gasteiger charge is 2.16. The van der Waals surface area contributed by atoms with Crippen LogP contribution in [0, 0.1) is 5.41 Å². The number of carbonyl (C=O) groups excluding carboxylic acids is 1. The summed E-state index contributed by atoms with van der Waals surface area (Å²) in [6.45, 7) is 7.89. The summed E-state index contributed by atoms with van der Waals surface area (Å²) in [5, 5.41) is 0. The lowest BCUT2D eigenvalue weighted by Crippen LogP contribution is -2.33. The molecule has 0 saturated heterocycles. The van der Waals surface area contributed by atoms with Crippen molar-refractivity contribution in [1.29, 1.82) is 0 Å². The first-order valence-corrected chi connectivity index (χ1v) is 5.23. The Balaban J connectivity index is 2.45. The van der Waals surface area contributed by atoms with Crippen LogP contribution >= 0.6 is 0 Å². The summed E-state index contributed by atoms with van der Waals surface area (Å²) in [5.74, 6) is 0.145. The molecule has 0 spiro atoms. The Hall–Kier alpha value is -1.09. The quantitative estimate of drug-likeness (QED) is 0.770. The van der Waals surface area contributed by atoms with E-state index in [4.69, 9.17) is 0 Å². The fourth-order valence-electron chi connectivity index (χ4n) is 1.70. The third-order valence-electron chi connectivity index (χ3n) is 2.06. The van der Waals surface area contributed by atoms with E-state index in [2.05, 4.69) is 30.7 Å². The standard InChI is InChI=1S/C12H20N2O/c1-12(2,3)9-14(4)8-11(15)10-6-5-7-13-10/h5-7,13H,8-9H2,1-4H3. The molecule has 0 aromatic carbocycles. The number of H-pyrrole nitrogens is 1. The number of nitrogens with zero attached hydrogens (tertiary/aromatic N) is 1. The predicted octanol–water partition coefficient (Wildman–Crippen LogP) is 2.18. The van der Waals surface area contributed by atoms with E-state index in [-0.39, 0.29) is 11.2 Å². The van der Waals surface area contributed by atoms with E-state index in [1.54, 1.807) is 6.20 Å². The fourth-order valence-corrected chi connectivity index (χ4v) is 1.70. The van der Waals surface area contributed by atoms with Crippen LogP contribution in [0.3, 0.4) is 0 Å². The monoisotopic (exact) mass is 208 g/mol. The minimum atomic E-state index is 0.145. The molecule has 3 heteroatoms. The summed E-state index contributed by atoms with van der Waals surface area (Å²) in [7, 11) is 1.98. The minimum absolute atomic E-state index is 0.145. The largest absolute Gasteiger partial charge is 0.359 e. The van der Waals surface area contributed by atoms with E-state index >= 15 is 0 Å². The van der Waals surface area contributed by atoms with Gasteiger partial charge in [0, 0.05) is 12.7 Å². The molecule has 0 aliphatic heterocycles. The molecule has 0 aliphatic rings. The number of rotatable bonds is 4. The number of aromatic nitrogens is 1. The molecule has 0 atom stereocenters. The molecule has 1 N–H and O–H groups in total. The molecule has 1 heterocycles. The van der Waals surface area contributed by atoms with Crippen molar-refractivity contribution in [3.8, 4) is 0 Å². The number of ketones is 1. The van der Waals surface area contributed by atoms with E-state index in [1.807, 2.05) is 19.2 Å². The smallest absolute Gasteiger partial charge is 0.192 e. The Labute approximate surface area is 91.5 Å². The van der Waals surface area contributed by atoms with Gasteiger partial charge in [-0.05, 0) is 24.6 Å². The lowest BCUT2D eigenvalue weighted by molar-refractivity contribution is 0.0922. The second-order valence-corrected chi connectivity index (χ2v) is 5.24. The molecule has 0 bridgehead atoms. The zero-order valence-corrected chi connectivity index (χ0v) is 10.0. The Morgan fingerprint density at radius 1 is 1.47 bits per heavy atom. The van der Waals surface area contributed by atoms with Gasteiger partial charge in [-0.2, -0.15) is 0 Å². The average molecular weight is 208 g/mol. The SMILES string of the molecule is CN(CC(=O)c1ccc[nH]1)CC(C)(C)C. The zero-order valence-electron chi connectivity index (χ0n) is 10.0. The molecule has 84 valence electrons. The van der Waals surface area contributed by atoms with Gasteiger partial charge in [0.15, 0.2) is 5.78 Å². The van der Waals surface area contributed by atoms with Crippen molar-refractivity contribution in [3.63, 3.8) is 0 Å². The van der Waals surface area contributed by atoms with Crippen molar-refractivity contribution >= 4 is 5.78 Å². The summed E-state index contributed by atoms with van der Waals surface area (Å²) in [6.07, 6.45) is 1.77. The van der Waals surface area contributed by atoms with E-state index in [1.165, 1.54) is 0 Å². The molecule has 3 nitrogen and oxygen atoms in total. The number of hydrogen-bond acceptors (Lipinski definition) is 2. The lowest BCUT2D eigenvalue weighted by Gasteiger charge is -2.25. The second kappa shape index (κ2) is 4.62. The highest BCUT2D eigenvalue weighted by molar-refractivity contribution is 5.95. The van der Waals surface area contributed by atoms with Crippen LogP contribution in [0.4, 0.5) is 0 Å². The molecular formula is C12H20N2O. The summed E-state index contributed by atoms with van der Waals surface area (Å²) in [6, 6.07) is 3.66. The Morgan fingerprint density at radius 3 is 2.60 bits per heavy atom. The molecule has 1 aromatic rings. The molecule has 0 saturated carbocycles. The van der Waals surface area contributed by atoms with Crippen LogP contribution in [0.25, 0.3) is 0 Å². The summed E-state index contributed by atoms with van der Waals surface area (Å²) in [5.41, 5.74) is 0.917. The number of hydrogen-bond donors (Lipinski definition) is 1. The normalized spacial score (nSPS) is 12.1. The van der Waals surface area contributed by atoms with Gasteiger partial charge in [0.2, 0.25) is 0 Å². The molecule has 0 aliphatic carbocycles. The Morgan fingerprint density at radius 2 is 2.13 bits per heavy atom. The van der Waals surface area contributed by atoms with Gasteiger partial charge in [0.1, 0.15) is 0 Å². The van der Waals surface area contributed by atoms with Crippen LogP contribution in [0.15, 0.2) is 18.3 Å². The molecule has 0 radical (unpaired) electrons. The number of likely N-dealkylation sites (N-methyl/N-ethyl adjacent to an activating group) is 1. The first kappa shape index (κ1) is 12.0. The van der Waals surface area contributed by atoms with Crippen molar-refractivity contribution in [2.45, 2.75) is 20.8 Å². The van der Waals surface area contributed by atoms with Crippen LogP contribution < -0.4 is 0 Å². The predicted molar refractivity (Wildman–Crippen MR) is 62.1 cm³/mol. The van der Waals surface area contributed by atoms with Crippen molar-refractivity contribution in [3.05, 3.63) is 24.0 Å². The van der Waals surface area contributed by atoms with Crippen LogP contribution in [-0.4, -0.2) is 35.8 Å². The number of Topliss-reactive ketones (excluding diaryl/α,β-unsaturated/α-hetero) is 1. The minimum Gasteiger partial charge on any atom is -0.359 e. The summed E-state index contributed by atoms with van der Waals surface area (Å²) < 4.78 is 0. The maximum absolute atomic E-state index is 11.7.